The highest BCUT2D eigenvalue weighted by molar-refractivity contribution is 6.30. The van der Waals surface area contributed by atoms with E-state index in [1.807, 2.05) is 6.07 Å². The van der Waals surface area contributed by atoms with Crippen molar-refractivity contribution in [3.63, 3.8) is 0 Å². The number of rotatable bonds is 6. The second kappa shape index (κ2) is 7.39. The van der Waals surface area contributed by atoms with Crippen LogP contribution < -0.4 is 5.32 Å². The molecule has 1 aromatic carbocycles. The number of nitrogens with one attached hydrogen (secondary N) is 1. The molecule has 2 nitrogen and oxygen atoms in total. The third-order valence-corrected chi connectivity index (χ3v) is 3.69. The van der Waals surface area contributed by atoms with Crippen LogP contribution in [0.1, 0.15) is 33.3 Å². The fraction of sp³-hybridized carbons (Fsp3) is 0.625. The normalized spacial score (nSPS) is 15.2. The molecule has 0 amide bonds. The van der Waals surface area contributed by atoms with Crippen LogP contribution in [0.3, 0.4) is 0 Å². The predicted octanol–water partition coefficient (Wildman–Crippen LogP) is 4.06. The minimum atomic E-state index is -0.371. The summed E-state index contributed by atoms with van der Waals surface area (Å²) >= 11 is 5.73. The van der Waals surface area contributed by atoms with E-state index in [4.69, 9.17) is 16.3 Å². The molecule has 1 aromatic rings. The smallest absolute Gasteiger partial charge is 0.142 e. The molecule has 0 fully saturated rings. The number of hydrogen-bond donors (Lipinski definition) is 1. The van der Waals surface area contributed by atoms with E-state index in [1.165, 1.54) is 6.07 Å². The maximum atomic E-state index is 13.5. The monoisotopic (exact) mass is 301 g/mol. The Morgan fingerprint density at radius 2 is 2.00 bits per heavy atom. The number of ether oxygens (including phenoxy) is 1. The van der Waals surface area contributed by atoms with Crippen LogP contribution in [0.2, 0.25) is 5.02 Å². The average molecular weight is 302 g/mol. The molecule has 2 atom stereocenters. The van der Waals surface area contributed by atoms with Gasteiger partial charge in [0.15, 0.2) is 0 Å². The second-order valence-electron chi connectivity index (χ2n) is 6.14. The van der Waals surface area contributed by atoms with Gasteiger partial charge in [0.1, 0.15) is 5.82 Å². The largest absolute Gasteiger partial charge is 0.379 e. The Morgan fingerprint density at radius 1 is 1.35 bits per heavy atom. The zero-order valence-corrected chi connectivity index (χ0v) is 13.7. The predicted molar refractivity (Wildman–Crippen MR) is 82.8 cm³/mol. The van der Waals surface area contributed by atoms with Crippen molar-refractivity contribution in [2.75, 3.05) is 13.7 Å². The van der Waals surface area contributed by atoms with Gasteiger partial charge in [-0.3, -0.25) is 0 Å². The SMILES string of the molecule is CCNC(Cc1ccc(Cl)c(F)c1)C(OC)C(C)(C)C. The zero-order chi connectivity index (χ0) is 15.3. The van der Waals surface area contributed by atoms with Gasteiger partial charge >= 0.3 is 0 Å². The Hall–Kier alpha value is -0.640. The Bertz CT molecular complexity index is 431. The summed E-state index contributed by atoms with van der Waals surface area (Å²) in [6.07, 6.45) is 0.749. The zero-order valence-electron chi connectivity index (χ0n) is 13.0. The van der Waals surface area contributed by atoms with Crippen molar-refractivity contribution in [3.05, 3.63) is 34.6 Å². The fourth-order valence-electron chi connectivity index (χ4n) is 2.59. The van der Waals surface area contributed by atoms with Crippen molar-refractivity contribution in [3.8, 4) is 0 Å². The van der Waals surface area contributed by atoms with Gasteiger partial charge < -0.3 is 10.1 Å². The van der Waals surface area contributed by atoms with E-state index >= 15 is 0 Å². The van der Waals surface area contributed by atoms with Crippen LogP contribution in [0.25, 0.3) is 0 Å². The molecule has 0 aromatic heterocycles. The first-order valence-electron chi connectivity index (χ1n) is 6.99. The van der Waals surface area contributed by atoms with Crippen LogP contribution in [0.15, 0.2) is 18.2 Å². The number of methoxy groups -OCH3 is 1. The number of likely N-dealkylation sites (N-methyl/N-ethyl adjacent to an activating group) is 1. The Balaban J connectivity index is 2.93. The highest BCUT2D eigenvalue weighted by Crippen LogP contribution is 2.27. The van der Waals surface area contributed by atoms with E-state index in [-0.39, 0.29) is 28.4 Å². The Morgan fingerprint density at radius 3 is 2.45 bits per heavy atom. The minimum Gasteiger partial charge on any atom is -0.379 e. The topological polar surface area (TPSA) is 21.3 Å². The van der Waals surface area contributed by atoms with Gasteiger partial charge in [0.2, 0.25) is 0 Å². The summed E-state index contributed by atoms with van der Waals surface area (Å²) in [4.78, 5) is 0. The van der Waals surface area contributed by atoms with E-state index in [0.717, 1.165) is 12.1 Å². The van der Waals surface area contributed by atoms with Crippen LogP contribution in [-0.4, -0.2) is 25.8 Å². The van der Waals surface area contributed by atoms with Crippen molar-refractivity contribution in [2.45, 2.75) is 46.3 Å². The average Bonchev–Trinajstić information content (AvgIpc) is 2.33. The fourth-order valence-corrected chi connectivity index (χ4v) is 2.71. The molecule has 1 N–H and O–H groups in total. The van der Waals surface area contributed by atoms with Gasteiger partial charge in [-0.25, -0.2) is 4.39 Å². The van der Waals surface area contributed by atoms with Crippen molar-refractivity contribution in [1.82, 2.24) is 5.32 Å². The summed E-state index contributed by atoms with van der Waals surface area (Å²) in [6, 6.07) is 5.10. The third-order valence-electron chi connectivity index (χ3n) is 3.38. The lowest BCUT2D eigenvalue weighted by Crippen LogP contribution is -2.49. The molecule has 4 heteroatoms. The van der Waals surface area contributed by atoms with Crippen molar-refractivity contribution in [2.24, 2.45) is 5.41 Å². The first-order chi connectivity index (χ1) is 9.29. The van der Waals surface area contributed by atoms with Crippen molar-refractivity contribution in [1.29, 1.82) is 0 Å². The molecule has 20 heavy (non-hydrogen) atoms. The van der Waals surface area contributed by atoms with E-state index in [0.29, 0.717) is 6.42 Å². The number of halogens is 2. The first-order valence-corrected chi connectivity index (χ1v) is 7.37. The Labute approximate surface area is 126 Å². The van der Waals surface area contributed by atoms with E-state index in [9.17, 15) is 4.39 Å². The maximum Gasteiger partial charge on any atom is 0.142 e. The highest BCUT2D eigenvalue weighted by Gasteiger charge is 2.32. The molecule has 1 rings (SSSR count). The van der Waals surface area contributed by atoms with E-state index in [2.05, 4.69) is 33.0 Å². The summed E-state index contributed by atoms with van der Waals surface area (Å²) in [5.41, 5.74) is 0.927. The lowest BCUT2D eigenvalue weighted by Gasteiger charge is -2.36. The molecule has 2 unspecified atom stereocenters. The van der Waals surface area contributed by atoms with Crippen LogP contribution in [0.4, 0.5) is 4.39 Å². The molecule has 0 aliphatic carbocycles. The second-order valence-corrected chi connectivity index (χ2v) is 6.55. The molecule has 0 aliphatic heterocycles. The maximum absolute atomic E-state index is 13.5. The lowest BCUT2D eigenvalue weighted by atomic mass is 9.82. The van der Waals surface area contributed by atoms with Crippen LogP contribution in [0, 0.1) is 11.2 Å². The molecule has 0 spiro atoms. The number of benzene rings is 1. The summed E-state index contributed by atoms with van der Waals surface area (Å²) in [5.74, 6) is -0.371. The molecule has 0 saturated carbocycles. The first kappa shape index (κ1) is 17.4. The molecule has 114 valence electrons. The minimum absolute atomic E-state index is 0.00650. The van der Waals surface area contributed by atoms with E-state index in [1.54, 1.807) is 13.2 Å². The summed E-state index contributed by atoms with van der Waals surface area (Å²) in [7, 11) is 1.72. The lowest BCUT2D eigenvalue weighted by molar-refractivity contribution is -0.0106. The molecular weight excluding hydrogens is 277 g/mol. The van der Waals surface area contributed by atoms with Gasteiger partial charge in [-0.15, -0.1) is 0 Å². The van der Waals surface area contributed by atoms with Gasteiger partial charge in [0.05, 0.1) is 11.1 Å². The van der Waals surface area contributed by atoms with Gasteiger partial charge in [-0.1, -0.05) is 45.4 Å². The molecule has 0 radical (unpaired) electrons. The van der Waals surface area contributed by atoms with Gasteiger partial charge in [0, 0.05) is 13.2 Å². The van der Waals surface area contributed by atoms with Crippen molar-refractivity contribution >= 4 is 11.6 Å². The van der Waals surface area contributed by atoms with Gasteiger partial charge in [-0.05, 0) is 36.1 Å². The summed E-state index contributed by atoms with van der Waals surface area (Å²) in [6.45, 7) is 9.34. The molecule has 0 bridgehead atoms. The van der Waals surface area contributed by atoms with Crippen LogP contribution in [0.5, 0.6) is 0 Å². The van der Waals surface area contributed by atoms with Gasteiger partial charge in [-0.2, -0.15) is 0 Å². The molecule has 0 heterocycles. The molecule has 0 saturated heterocycles. The standard InChI is InChI=1S/C16H25ClFNO/c1-6-19-14(15(20-5)16(2,3)4)10-11-7-8-12(17)13(18)9-11/h7-9,14-15,19H,6,10H2,1-5H3. The van der Waals surface area contributed by atoms with Gasteiger partial charge in [0.25, 0.3) is 0 Å². The summed E-state index contributed by atoms with van der Waals surface area (Å²) in [5, 5.41) is 3.60. The summed E-state index contributed by atoms with van der Waals surface area (Å²) < 4.78 is 19.2. The van der Waals surface area contributed by atoms with Crippen LogP contribution >= 0.6 is 11.6 Å². The number of hydrogen-bond acceptors (Lipinski definition) is 2. The van der Waals surface area contributed by atoms with E-state index < -0.39 is 0 Å². The Kier molecular flexibility index (Phi) is 6.44. The van der Waals surface area contributed by atoms with Crippen molar-refractivity contribution < 1.29 is 9.13 Å². The highest BCUT2D eigenvalue weighted by atomic mass is 35.5. The molecular formula is C16H25ClFNO. The van der Waals surface area contributed by atoms with Crippen LogP contribution in [-0.2, 0) is 11.2 Å². The third kappa shape index (κ3) is 4.72. The quantitative estimate of drug-likeness (QED) is 0.855. The molecule has 0 aliphatic rings.